The molecule has 14 heavy (non-hydrogen) atoms. The Morgan fingerprint density at radius 2 is 2.21 bits per heavy atom. The van der Waals surface area contributed by atoms with Gasteiger partial charge in [-0.25, -0.2) is 0 Å². The minimum Gasteiger partial charge on any atom is -0.393 e. The van der Waals surface area contributed by atoms with E-state index in [9.17, 15) is 5.11 Å². The van der Waals surface area contributed by atoms with Gasteiger partial charge in [0.05, 0.1) is 6.10 Å². The Hall–Kier alpha value is -0.0800. The van der Waals surface area contributed by atoms with Crippen LogP contribution < -0.4 is 0 Å². The molecule has 0 bridgehead atoms. The highest BCUT2D eigenvalue weighted by atomic mass is 16.5. The zero-order chi connectivity index (χ0) is 9.97. The van der Waals surface area contributed by atoms with Gasteiger partial charge in [0.1, 0.15) is 0 Å². The van der Waals surface area contributed by atoms with Crippen molar-refractivity contribution in [2.45, 2.75) is 45.1 Å². The molecule has 4 unspecified atom stereocenters. The maximum absolute atomic E-state index is 10.1. The Morgan fingerprint density at radius 3 is 2.79 bits per heavy atom. The van der Waals surface area contributed by atoms with Crippen LogP contribution in [0.5, 0.6) is 0 Å². The van der Waals surface area contributed by atoms with Crippen LogP contribution in [0.25, 0.3) is 0 Å². The summed E-state index contributed by atoms with van der Waals surface area (Å²) < 4.78 is 5.34. The molecule has 2 nitrogen and oxygen atoms in total. The second-order valence-corrected chi connectivity index (χ2v) is 5.10. The molecule has 2 rings (SSSR count). The second-order valence-electron chi connectivity index (χ2n) is 5.10. The van der Waals surface area contributed by atoms with Gasteiger partial charge < -0.3 is 9.84 Å². The van der Waals surface area contributed by atoms with Gasteiger partial charge in [0.2, 0.25) is 0 Å². The van der Waals surface area contributed by atoms with Gasteiger partial charge in [-0.05, 0) is 37.0 Å². The third-order valence-corrected chi connectivity index (χ3v) is 4.02. The molecule has 0 aromatic heterocycles. The molecular weight excluding hydrogens is 176 g/mol. The molecule has 0 aromatic rings. The van der Waals surface area contributed by atoms with Crippen LogP contribution >= 0.6 is 0 Å². The van der Waals surface area contributed by atoms with E-state index in [2.05, 4.69) is 6.92 Å². The van der Waals surface area contributed by atoms with Crippen LogP contribution in [0, 0.1) is 17.8 Å². The fourth-order valence-corrected chi connectivity index (χ4v) is 3.03. The van der Waals surface area contributed by atoms with Gasteiger partial charge in [-0.2, -0.15) is 0 Å². The lowest BCUT2D eigenvalue weighted by atomic mass is 9.86. The molecule has 1 saturated carbocycles. The van der Waals surface area contributed by atoms with Crippen LogP contribution in [-0.2, 0) is 4.74 Å². The van der Waals surface area contributed by atoms with Crippen LogP contribution in [0.15, 0.2) is 0 Å². The summed E-state index contributed by atoms with van der Waals surface area (Å²) in [6.45, 7) is 4.06. The summed E-state index contributed by atoms with van der Waals surface area (Å²) >= 11 is 0. The van der Waals surface area contributed by atoms with Crippen molar-refractivity contribution in [2.24, 2.45) is 17.8 Å². The second kappa shape index (κ2) is 4.63. The van der Waals surface area contributed by atoms with Gasteiger partial charge >= 0.3 is 0 Å². The molecule has 4 atom stereocenters. The number of aliphatic hydroxyl groups is 1. The largest absolute Gasteiger partial charge is 0.393 e. The number of rotatable bonds is 3. The van der Waals surface area contributed by atoms with E-state index in [4.69, 9.17) is 4.74 Å². The smallest absolute Gasteiger partial charge is 0.0574 e. The van der Waals surface area contributed by atoms with E-state index in [-0.39, 0.29) is 6.10 Å². The first kappa shape index (κ1) is 10.4. The summed E-state index contributed by atoms with van der Waals surface area (Å²) in [5, 5.41) is 10.1. The molecule has 82 valence electrons. The number of hydrogen-bond acceptors (Lipinski definition) is 2. The number of aliphatic hydroxyl groups excluding tert-OH is 1. The minimum atomic E-state index is -0.0702. The maximum Gasteiger partial charge on any atom is 0.0574 e. The summed E-state index contributed by atoms with van der Waals surface area (Å²) in [5.41, 5.74) is 0. The van der Waals surface area contributed by atoms with Gasteiger partial charge in [-0.3, -0.25) is 0 Å². The molecule has 1 N–H and O–H groups in total. The highest BCUT2D eigenvalue weighted by Crippen LogP contribution is 2.36. The SMILES string of the molecule is CC1CCCC1C(O)CC1CCOC1. The van der Waals surface area contributed by atoms with E-state index in [1.165, 1.54) is 19.3 Å². The third-order valence-electron chi connectivity index (χ3n) is 4.02. The van der Waals surface area contributed by atoms with Crippen molar-refractivity contribution in [1.82, 2.24) is 0 Å². The van der Waals surface area contributed by atoms with Gasteiger partial charge in [0.25, 0.3) is 0 Å². The van der Waals surface area contributed by atoms with Crippen LogP contribution in [-0.4, -0.2) is 24.4 Å². The molecule has 2 fully saturated rings. The van der Waals surface area contributed by atoms with E-state index in [1.807, 2.05) is 0 Å². The quantitative estimate of drug-likeness (QED) is 0.753. The lowest BCUT2D eigenvalue weighted by Gasteiger charge is -2.24. The standard InChI is InChI=1S/C12H22O2/c1-9-3-2-4-11(9)12(13)7-10-5-6-14-8-10/h9-13H,2-8H2,1H3. The Morgan fingerprint density at radius 1 is 1.36 bits per heavy atom. The van der Waals surface area contributed by atoms with Gasteiger partial charge in [0, 0.05) is 13.2 Å². The lowest BCUT2D eigenvalue weighted by molar-refractivity contribution is 0.0629. The van der Waals surface area contributed by atoms with Crippen molar-refractivity contribution in [1.29, 1.82) is 0 Å². The average Bonchev–Trinajstić information content (AvgIpc) is 2.75. The van der Waals surface area contributed by atoms with Crippen molar-refractivity contribution in [3.05, 3.63) is 0 Å². The monoisotopic (exact) mass is 198 g/mol. The van der Waals surface area contributed by atoms with E-state index in [1.54, 1.807) is 0 Å². The van der Waals surface area contributed by atoms with E-state index < -0.39 is 0 Å². The zero-order valence-corrected chi connectivity index (χ0v) is 9.11. The van der Waals surface area contributed by atoms with E-state index in [0.29, 0.717) is 11.8 Å². The van der Waals surface area contributed by atoms with Gasteiger partial charge in [-0.1, -0.05) is 19.8 Å². The minimum absolute atomic E-state index is 0.0702. The van der Waals surface area contributed by atoms with Crippen molar-refractivity contribution in [2.75, 3.05) is 13.2 Å². The first-order valence-electron chi connectivity index (χ1n) is 6.03. The predicted octanol–water partition coefficient (Wildman–Crippen LogP) is 2.21. The maximum atomic E-state index is 10.1. The summed E-state index contributed by atoms with van der Waals surface area (Å²) in [6, 6.07) is 0. The molecule has 0 aromatic carbocycles. The number of hydrogen-bond donors (Lipinski definition) is 1. The fraction of sp³-hybridized carbons (Fsp3) is 1.00. The molecule has 0 amide bonds. The molecule has 0 spiro atoms. The normalized spacial score (nSPS) is 40.3. The first-order chi connectivity index (χ1) is 6.77. The zero-order valence-electron chi connectivity index (χ0n) is 9.11. The lowest BCUT2D eigenvalue weighted by Crippen LogP contribution is -2.25. The van der Waals surface area contributed by atoms with E-state index in [0.717, 1.165) is 32.0 Å². The molecule has 1 saturated heterocycles. The van der Waals surface area contributed by atoms with Crippen molar-refractivity contribution in [3.8, 4) is 0 Å². The van der Waals surface area contributed by atoms with Crippen LogP contribution in [0.4, 0.5) is 0 Å². The van der Waals surface area contributed by atoms with Crippen molar-refractivity contribution >= 4 is 0 Å². The summed E-state index contributed by atoms with van der Waals surface area (Å²) in [5.74, 6) is 1.92. The third kappa shape index (κ3) is 2.29. The van der Waals surface area contributed by atoms with E-state index >= 15 is 0 Å². The summed E-state index contributed by atoms with van der Waals surface area (Å²) in [7, 11) is 0. The fourth-order valence-electron chi connectivity index (χ4n) is 3.03. The molecular formula is C12H22O2. The van der Waals surface area contributed by atoms with Crippen LogP contribution in [0.1, 0.15) is 39.0 Å². The topological polar surface area (TPSA) is 29.5 Å². The highest BCUT2D eigenvalue weighted by Gasteiger charge is 2.31. The molecule has 0 radical (unpaired) electrons. The average molecular weight is 198 g/mol. The summed E-state index contributed by atoms with van der Waals surface area (Å²) in [6.07, 6.45) is 5.90. The Bertz CT molecular complexity index is 175. The summed E-state index contributed by atoms with van der Waals surface area (Å²) in [4.78, 5) is 0. The molecule has 1 aliphatic carbocycles. The highest BCUT2D eigenvalue weighted by molar-refractivity contribution is 4.82. The van der Waals surface area contributed by atoms with Crippen molar-refractivity contribution in [3.63, 3.8) is 0 Å². The Labute approximate surface area is 86.6 Å². The Balaban J connectivity index is 1.78. The van der Waals surface area contributed by atoms with Crippen LogP contribution in [0.3, 0.4) is 0 Å². The Kier molecular flexibility index (Phi) is 3.45. The molecule has 1 heterocycles. The molecule has 2 heteroatoms. The molecule has 1 aliphatic heterocycles. The van der Waals surface area contributed by atoms with Gasteiger partial charge in [-0.15, -0.1) is 0 Å². The number of ether oxygens (including phenoxy) is 1. The van der Waals surface area contributed by atoms with Gasteiger partial charge in [0.15, 0.2) is 0 Å². The van der Waals surface area contributed by atoms with Crippen molar-refractivity contribution < 1.29 is 9.84 Å². The first-order valence-corrected chi connectivity index (χ1v) is 6.03. The molecule has 2 aliphatic rings. The van der Waals surface area contributed by atoms with Crippen LogP contribution in [0.2, 0.25) is 0 Å². The predicted molar refractivity (Wildman–Crippen MR) is 56.1 cm³/mol.